The molecule has 1 aliphatic rings. The van der Waals surface area contributed by atoms with Crippen LogP contribution >= 0.6 is 24.8 Å². The quantitative estimate of drug-likeness (QED) is 0.356. The third kappa shape index (κ3) is 7.96. The number of piperazine rings is 1. The molecule has 5 heteroatoms. The number of ether oxygens (including phenoxy) is 1. The van der Waals surface area contributed by atoms with Gasteiger partial charge in [0, 0.05) is 44.8 Å². The fourth-order valence-electron chi connectivity index (χ4n) is 4.11. The molecule has 4 rings (SSSR count). The first-order chi connectivity index (χ1) is 15.2. The minimum atomic E-state index is 0. The third-order valence-corrected chi connectivity index (χ3v) is 6.13. The highest BCUT2D eigenvalue weighted by molar-refractivity contribution is 5.85. The Hall–Kier alpha value is -2.20. The van der Waals surface area contributed by atoms with Crippen LogP contribution in [0.25, 0.3) is 0 Å². The van der Waals surface area contributed by atoms with E-state index < -0.39 is 0 Å². The number of benzene rings is 3. The van der Waals surface area contributed by atoms with E-state index in [1.165, 1.54) is 22.4 Å². The van der Waals surface area contributed by atoms with E-state index in [4.69, 9.17) is 4.74 Å². The highest BCUT2D eigenvalue weighted by Crippen LogP contribution is 2.19. The Kier molecular flexibility index (Phi) is 11.1. The van der Waals surface area contributed by atoms with Gasteiger partial charge in [-0.3, -0.25) is 4.90 Å². The van der Waals surface area contributed by atoms with Crippen molar-refractivity contribution < 1.29 is 4.74 Å². The van der Waals surface area contributed by atoms with E-state index in [0.717, 1.165) is 44.9 Å². The summed E-state index contributed by atoms with van der Waals surface area (Å²) in [6.45, 7) is 10.6. The lowest BCUT2D eigenvalue weighted by atomic mass is 10.0. The summed E-state index contributed by atoms with van der Waals surface area (Å²) >= 11 is 0. The standard InChI is InChI=1S/C28H34N2O.2ClH/c1-23(2)26-12-14-28(15-13-26)31-21-16-24-8-10-25(11-9-24)22-29-17-19-30(20-18-29)27-6-4-3-5-7-27;;/h3-15,23H,16-22H2,1-2H3;2*1H. The summed E-state index contributed by atoms with van der Waals surface area (Å²) < 4.78 is 5.93. The van der Waals surface area contributed by atoms with Crippen LogP contribution in [0.4, 0.5) is 5.69 Å². The van der Waals surface area contributed by atoms with Crippen LogP contribution in [-0.4, -0.2) is 37.7 Å². The molecule has 1 fully saturated rings. The van der Waals surface area contributed by atoms with Crippen LogP contribution < -0.4 is 9.64 Å². The molecule has 1 aliphatic heterocycles. The van der Waals surface area contributed by atoms with Crippen LogP contribution in [0.15, 0.2) is 78.9 Å². The molecule has 0 aromatic heterocycles. The summed E-state index contributed by atoms with van der Waals surface area (Å²) in [7, 11) is 0. The normalized spacial score (nSPS) is 13.8. The largest absolute Gasteiger partial charge is 0.493 e. The van der Waals surface area contributed by atoms with Crippen LogP contribution in [0.3, 0.4) is 0 Å². The number of anilines is 1. The van der Waals surface area contributed by atoms with Gasteiger partial charge < -0.3 is 9.64 Å². The SMILES string of the molecule is CC(C)c1ccc(OCCc2ccc(CN3CCN(c4ccccc4)CC3)cc2)cc1.Cl.Cl. The van der Waals surface area contributed by atoms with E-state index in [1.807, 2.05) is 0 Å². The fraction of sp³-hybridized carbons (Fsp3) is 0.357. The number of hydrogen-bond donors (Lipinski definition) is 0. The van der Waals surface area contributed by atoms with Crippen molar-refractivity contribution in [2.24, 2.45) is 0 Å². The van der Waals surface area contributed by atoms with Crippen LogP contribution in [-0.2, 0) is 13.0 Å². The van der Waals surface area contributed by atoms with Crippen LogP contribution in [0, 0.1) is 0 Å². The Bertz CT molecular complexity index is 922. The first-order valence-electron chi connectivity index (χ1n) is 11.5. The number of nitrogens with zero attached hydrogens (tertiary/aromatic N) is 2. The highest BCUT2D eigenvalue weighted by Gasteiger charge is 2.17. The van der Waals surface area contributed by atoms with Gasteiger partial charge in [0.15, 0.2) is 0 Å². The molecule has 1 saturated heterocycles. The van der Waals surface area contributed by atoms with E-state index in [9.17, 15) is 0 Å². The first kappa shape index (κ1) is 27.0. The average molecular weight is 488 g/mol. The van der Waals surface area contributed by atoms with Crippen molar-refractivity contribution in [1.82, 2.24) is 4.90 Å². The second kappa shape index (κ2) is 13.5. The highest BCUT2D eigenvalue weighted by atomic mass is 35.5. The molecule has 0 aliphatic carbocycles. The van der Waals surface area contributed by atoms with Crippen molar-refractivity contribution >= 4 is 30.5 Å². The maximum absolute atomic E-state index is 5.93. The Morgan fingerprint density at radius 2 is 1.33 bits per heavy atom. The zero-order valence-corrected chi connectivity index (χ0v) is 21.3. The van der Waals surface area contributed by atoms with E-state index in [0.29, 0.717) is 12.5 Å². The Balaban J connectivity index is 0.00000193. The van der Waals surface area contributed by atoms with Gasteiger partial charge in [-0.05, 0) is 46.9 Å². The maximum atomic E-state index is 5.93. The molecule has 0 saturated carbocycles. The topological polar surface area (TPSA) is 15.7 Å². The van der Waals surface area contributed by atoms with Crippen molar-refractivity contribution in [1.29, 1.82) is 0 Å². The minimum absolute atomic E-state index is 0. The Morgan fingerprint density at radius 1 is 0.727 bits per heavy atom. The number of rotatable bonds is 8. The lowest BCUT2D eigenvalue weighted by Gasteiger charge is -2.36. The fourth-order valence-corrected chi connectivity index (χ4v) is 4.11. The second-order valence-corrected chi connectivity index (χ2v) is 8.74. The summed E-state index contributed by atoms with van der Waals surface area (Å²) in [6, 6.07) is 28.3. The van der Waals surface area contributed by atoms with Gasteiger partial charge in [-0.25, -0.2) is 0 Å². The smallest absolute Gasteiger partial charge is 0.119 e. The predicted octanol–water partition coefficient (Wildman–Crippen LogP) is 6.60. The summed E-state index contributed by atoms with van der Waals surface area (Å²) in [5.74, 6) is 1.51. The summed E-state index contributed by atoms with van der Waals surface area (Å²) in [5, 5.41) is 0. The number of halogens is 2. The molecule has 3 nitrogen and oxygen atoms in total. The van der Waals surface area contributed by atoms with Gasteiger partial charge in [-0.2, -0.15) is 0 Å². The van der Waals surface area contributed by atoms with E-state index in [-0.39, 0.29) is 24.8 Å². The molecular weight excluding hydrogens is 451 g/mol. The van der Waals surface area contributed by atoms with Gasteiger partial charge in [0.05, 0.1) is 6.61 Å². The monoisotopic (exact) mass is 486 g/mol. The number of para-hydroxylation sites is 1. The van der Waals surface area contributed by atoms with Crippen LogP contribution in [0.2, 0.25) is 0 Å². The molecule has 3 aromatic rings. The average Bonchev–Trinajstić information content (AvgIpc) is 2.82. The summed E-state index contributed by atoms with van der Waals surface area (Å²) in [6.07, 6.45) is 0.933. The molecule has 0 N–H and O–H groups in total. The third-order valence-electron chi connectivity index (χ3n) is 6.13. The van der Waals surface area contributed by atoms with Crippen molar-refractivity contribution in [2.75, 3.05) is 37.7 Å². The van der Waals surface area contributed by atoms with Gasteiger partial charge in [0.25, 0.3) is 0 Å². The van der Waals surface area contributed by atoms with Crippen molar-refractivity contribution in [2.45, 2.75) is 32.7 Å². The van der Waals surface area contributed by atoms with Gasteiger partial charge in [-0.15, -0.1) is 24.8 Å². The molecule has 178 valence electrons. The molecule has 0 unspecified atom stereocenters. The summed E-state index contributed by atoms with van der Waals surface area (Å²) in [4.78, 5) is 5.04. The van der Waals surface area contributed by atoms with Crippen LogP contribution in [0.1, 0.15) is 36.5 Å². The molecule has 0 spiro atoms. The molecule has 3 aromatic carbocycles. The Morgan fingerprint density at radius 3 is 1.94 bits per heavy atom. The molecule has 0 bridgehead atoms. The maximum Gasteiger partial charge on any atom is 0.119 e. The zero-order chi connectivity index (χ0) is 21.5. The van der Waals surface area contributed by atoms with Gasteiger partial charge in [0.1, 0.15) is 5.75 Å². The molecule has 0 amide bonds. The van der Waals surface area contributed by atoms with E-state index in [2.05, 4.69) is 103 Å². The first-order valence-corrected chi connectivity index (χ1v) is 11.5. The minimum Gasteiger partial charge on any atom is -0.493 e. The summed E-state index contributed by atoms with van der Waals surface area (Å²) in [5.41, 5.74) is 5.41. The van der Waals surface area contributed by atoms with Crippen molar-refractivity contribution in [3.63, 3.8) is 0 Å². The second-order valence-electron chi connectivity index (χ2n) is 8.74. The lowest BCUT2D eigenvalue weighted by molar-refractivity contribution is 0.250. The zero-order valence-electron chi connectivity index (χ0n) is 19.7. The lowest BCUT2D eigenvalue weighted by Crippen LogP contribution is -2.45. The molecule has 0 atom stereocenters. The van der Waals surface area contributed by atoms with E-state index in [1.54, 1.807) is 0 Å². The Labute approximate surface area is 211 Å². The van der Waals surface area contributed by atoms with E-state index >= 15 is 0 Å². The van der Waals surface area contributed by atoms with Gasteiger partial charge in [0.2, 0.25) is 0 Å². The van der Waals surface area contributed by atoms with Gasteiger partial charge >= 0.3 is 0 Å². The van der Waals surface area contributed by atoms with Crippen LogP contribution in [0.5, 0.6) is 5.75 Å². The molecule has 1 heterocycles. The van der Waals surface area contributed by atoms with Crippen molar-refractivity contribution in [3.8, 4) is 5.75 Å². The molecule has 0 radical (unpaired) electrons. The molecule has 33 heavy (non-hydrogen) atoms. The predicted molar refractivity (Wildman–Crippen MR) is 145 cm³/mol. The van der Waals surface area contributed by atoms with Crippen molar-refractivity contribution in [3.05, 3.63) is 95.6 Å². The number of hydrogen-bond acceptors (Lipinski definition) is 3. The van der Waals surface area contributed by atoms with Gasteiger partial charge in [-0.1, -0.05) is 68.4 Å². The molecular formula is C28H36Cl2N2O.